The lowest BCUT2D eigenvalue weighted by Gasteiger charge is -2.26. The van der Waals surface area contributed by atoms with Crippen LogP contribution < -0.4 is 0 Å². The maximum Gasteiger partial charge on any atom is 0.295 e. The summed E-state index contributed by atoms with van der Waals surface area (Å²) in [7, 11) is 2.97. The first-order valence-electron chi connectivity index (χ1n) is 10.5. The van der Waals surface area contributed by atoms with Crippen molar-refractivity contribution in [2.24, 2.45) is 0 Å². The Morgan fingerprint density at radius 2 is 1.55 bits per heavy atom. The Labute approximate surface area is 194 Å². The topological polar surface area (TPSA) is 98.2 Å². The van der Waals surface area contributed by atoms with Gasteiger partial charge < -0.3 is 14.9 Å². The number of aliphatic hydroxyl groups is 1. The van der Waals surface area contributed by atoms with Crippen LogP contribution in [-0.2, 0) is 19.6 Å². The van der Waals surface area contributed by atoms with Crippen molar-refractivity contribution in [3.63, 3.8) is 0 Å². The predicted octanol–water partition coefficient (Wildman–Crippen LogP) is 2.23. The van der Waals surface area contributed by atoms with E-state index in [2.05, 4.69) is 0 Å². The highest BCUT2D eigenvalue weighted by Crippen LogP contribution is 2.39. The van der Waals surface area contributed by atoms with Crippen molar-refractivity contribution < 1.29 is 23.1 Å². The molecule has 0 bridgehead atoms. The molecule has 0 unspecified atom stereocenters. The molecule has 9 heteroatoms. The molecule has 0 spiro atoms. The Kier molecular flexibility index (Phi) is 7.06. The molecule has 33 heavy (non-hydrogen) atoms. The number of likely N-dealkylation sites (N-methyl/N-ethyl adjacent to an activating group) is 1. The normalized spacial score (nSPS) is 18.5. The first kappa shape index (κ1) is 24.6. The first-order valence-corrected chi connectivity index (χ1v) is 11.9. The van der Waals surface area contributed by atoms with E-state index in [4.69, 9.17) is 0 Å². The molecule has 0 aromatic heterocycles. The van der Waals surface area contributed by atoms with Crippen molar-refractivity contribution in [3.8, 4) is 0 Å². The van der Waals surface area contributed by atoms with Crippen LogP contribution >= 0.6 is 0 Å². The summed E-state index contributed by atoms with van der Waals surface area (Å²) in [6.45, 7) is 2.80. The molecule has 1 atom stereocenters. The summed E-state index contributed by atoms with van der Waals surface area (Å²) in [6.07, 6.45) is 0. The van der Waals surface area contributed by atoms with Crippen molar-refractivity contribution in [1.82, 2.24) is 14.1 Å². The van der Waals surface area contributed by atoms with Crippen LogP contribution in [0.2, 0.25) is 0 Å². The van der Waals surface area contributed by atoms with E-state index in [0.29, 0.717) is 18.7 Å². The van der Waals surface area contributed by atoms with Gasteiger partial charge in [-0.3, -0.25) is 9.59 Å². The molecule has 8 nitrogen and oxygen atoms in total. The van der Waals surface area contributed by atoms with E-state index in [1.54, 1.807) is 0 Å². The quantitative estimate of drug-likeness (QED) is 0.378. The molecular formula is C24H29N3O5S. The number of nitrogens with zero attached hydrogens (tertiary/aromatic N) is 3. The number of carbonyl (C=O) groups excluding carboxylic acids is 2. The van der Waals surface area contributed by atoms with Gasteiger partial charge in [-0.15, -0.1) is 0 Å². The van der Waals surface area contributed by atoms with E-state index < -0.39 is 27.8 Å². The van der Waals surface area contributed by atoms with Crippen molar-refractivity contribution in [2.75, 3.05) is 41.3 Å². The summed E-state index contributed by atoms with van der Waals surface area (Å²) in [6, 6.07) is 12.3. The molecule has 1 aliphatic rings. The lowest BCUT2D eigenvalue weighted by atomic mass is 9.95. The molecule has 1 amide bonds. The third-order valence-electron chi connectivity index (χ3n) is 5.63. The molecule has 1 fully saturated rings. The smallest absolute Gasteiger partial charge is 0.295 e. The zero-order valence-electron chi connectivity index (χ0n) is 19.4. The highest BCUT2D eigenvalue weighted by atomic mass is 32.2. The average Bonchev–Trinajstić information content (AvgIpc) is 3.02. The molecule has 2 aromatic carbocycles. The van der Waals surface area contributed by atoms with Crippen molar-refractivity contribution in [3.05, 3.63) is 70.8 Å². The number of benzene rings is 2. The number of ketones is 1. The van der Waals surface area contributed by atoms with Gasteiger partial charge in [0, 0.05) is 32.7 Å². The molecule has 3 rings (SSSR count). The SMILES string of the molecule is Cc1ccc([C@H]2C(=C(O)c3ccc(S(=O)(=O)N(C)C)cc3)C(=O)C(=O)N2CCN(C)C)cc1. The average molecular weight is 472 g/mol. The van der Waals surface area contributed by atoms with Crippen molar-refractivity contribution >= 4 is 27.5 Å². The fourth-order valence-corrected chi connectivity index (χ4v) is 4.57. The second-order valence-electron chi connectivity index (χ2n) is 8.52. The zero-order chi connectivity index (χ0) is 24.5. The maximum atomic E-state index is 13.0. The molecule has 0 saturated carbocycles. The van der Waals surface area contributed by atoms with Crippen LogP contribution in [0.5, 0.6) is 0 Å². The Bertz CT molecular complexity index is 1180. The molecule has 0 aliphatic carbocycles. The third-order valence-corrected chi connectivity index (χ3v) is 7.46. The fraction of sp³-hybridized carbons (Fsp3) is 0.333. The van der Waals surface area contributed by atoms with Gasteiger partial charge in [0.05, 0.1) is 16.5 Å². The van der Waals surface area contributed by atoms with Gasteiger partial charge in [0.25, 0.3) is 11.7 Å². The Balaban J connectivity index is 2.11. The van der Waals surface area contributed by atoms with Crippen LogP contribution in [0.25, 0.3) is 5.76 Å². The Hall–Kier alpha value is -3.01. The maximum absolute atomic E-state index is 13.0. The van der Waals surface area contributed by atoms with Gasteiger partial charge in [0.1, 0.15) is 5.76 Å². The van der Waals surface area contributed by atoms with E-state index in [9.17, 15) is 23.1 Å². The van der Waals surface area contributed by atoms with Crippen molar-refractivity contribution in [1.29, 1.82) is 0 Å². The molecule has 1 aliphatic heterocycles. The van der Waals surface area contributed by atoms with E-state index in [1.807, 2.05) is 50.2 Å². The zero-order valence-corrected chi connectivity index (χ0v) is 20.3. The van der Waals surface area contributed by atoms with Gasteiger partial charge in [-0.05, 0) is 50.8 Å². The summed E-state index contributed by atoms with van der Waals surface area (Å²) in [5, 5.41) is 11.1. The van der Waals surface area contributed by atoms with E-state index in [-0.39, 0.29) is 21.8 Å². The molecule has 1 saturated heterocycles. The van der Waals surface area contributed by atoms with Gasteiger partial charge in [-0.25, -0.2) is 12.7 Å². The van der Waals surface area contributed by atoms with E-state index in [0.717, 1.165) is 9.87 Å². The first-order chi connectivity index (χ1) is 15.4. The van der Waals surface area contributed by atoms with Crippen molar-refractivity contribution in [2.45, 2.75) is 17.9 Å². The van der Waals surface area contributed by atoms with Gasteiger partial charge in [-0.2, -0.15) is 0 Å². The van der Waals surface area contributed by atoms with Gasteiger partial charge >= 0.3 is 0 Å². The minimum absolute atomic E-state index is 0.00849. The van der Waals surface area contributed by atoms with Crippen LogP contribution in [0.3, 0.4) is 0 Å². The highest BCUT2D eigenvalue weighted by molar-refractivity contribution is 7.89. The fourth-order valence-electron chi connectivity index (χ4n) is 3.66. The number of sulfonamides is 1. The van der Waals surface area contributed by atoms with Gasteiger partial charge in [-0.1, -0.05) is 29.8 Å². The largest absolute Gasteiger partial charge is 0.507 e. The standard InChI is InChI=1S/C24H29N3O5S/c1-16-6-8-17(9-7-16)21-20(23(29)24(30)27(21)15-14-25(2)3)22(28)18-10-12-19(13-11-18)33(31,32)26(4)5/h6-13,21,28H,14-15H2,1-5H3/t21-/m0/s1. The summed E-state index contributed by atoms with van der Waals surface area (Å²) >= 11 is 0. The lowest BCUT2D eigenvalue weighted by Crippen LogP contribution is -2.35. The van der Waals surface area contributed by atoms with Crippen LogP contribution in [0.15, 0.2) is 59.0 Å². The second kappa shape index (κ2) is 9.46. The number of hydrogen-bond donors (Lipinski definition) is 1. The number of likely N-dealkylation sites (tertiary alicyclic amines) is 1. The predicted molar refractivity (Wildman–Crippen MR) is 126 cm³/mol. The Morgan fingerprint density at radius 1 is 0.970 bits per heavy atom. The van der Waals surface area contributed by atoms with E-state index in [1.165, 1.54) is 43.3 Å². The number of amides is 1. The monoisotopic (exact) mass is 471 g/mol. The summed E-state index contributed by atoms with van der Waals surface area (Å²) in [4.78, 5) is 29.4. The highest BCUT2D eigenvalue weighted by Gasteiger charge is 2.45. The second-order valence-corrected chi connectivity index (χ2v) is 10.7. The minimum atomic E-state index is -3.64. The summed E-state index contributed by atoms with van der Waals surface area (Å²) in [5.41, 5.74) is 2.00. The number of rotatable bonds is 7. The van der Waals surface area contributed by atoms with Crippen LogP contribution in [-0.4, -0.2) is 80.6 Å². The molecular weight excluding hydrogens is 442 g/mol. The molecule has 1 heterocycles. The minimum Gasteiger partial charge on any atom is -0.507 e. The van der Waals surface area contributed by atoms with Crippen LogP contribution in [0.4, 0.5) is 0 Å². The number of Topliss-reactive ketones (excluding diaryl/α,β-unsaturated/α-hetero) is 1. The number of hydrogen-bond acceptors (Lipinski definition) is 6. The molecule has 2 aromatic rings. The molecule has 1 N–H and O–H groups in total. The van der Waals surface area contributed by atoms with Crippen LogP contribution in [0.1, 0.15) is 22.7 Å². The van der Waals surface area contributed by atoms with Crippen LogP contribution in [0, 0.1) is 6.92 Å². The Morgan fingerprint density at radius 3 is 2.06 bits per heavy atom. The van der Waals surface area contributed by atoms with Gasteiger partial charge in [0.2, 0.25) is 10.0 Å². The number of aryl methyl sites for hydroxylation is 1. The van der Waals surface area contributed by atoms with E-state index >= 15 is 0 Å². The molecule has 176 valence electrons. The summed E-state index contributed by atoms with van der Waals surface area (Å²) in [5.74, 6) is -1.77. The summed E-state index contributed by atoms with van der Waals surface area (Å²) < 4.78 is 25.8. The molecule has 0 radical (unpaired) electrons. The lowest BCUT2D eigenvalue weighted by molar-refractivity contribution is -0.140. The number of carbonyl (C=O) groups is 2. The number of aliphatic hydroxyl groups excluding tert-OH is 1. The third kappa shape index (κ3) is 4.85. The van der Waals surface area contributed by atoms with Gasteiger partial charge in [0.15, 0.2) is 0 Å².